The van der Waals surface area contributed by atoms with E-state index in [1.807, 2.05) is 0 Å². The van der Waals surface area contributed by atoms with E-state index >= 15 is 0 Å². The second-order valence-electron chi connectivity index (χ2n) is 6.49. The topological polar surface area (TPSA) is 88.8 Å². The summed E-state index contributed by atoms with van der Waals surface area (Å²) in [5, 5.41) is 20.4. The van der Waals surface area contributed by atoms with Crippen LogP contribution in [0.15, 0.2) is 23.2 Å². The van der Waals surface area contributed by atoms with Crippen LogP contribution in [0.25, 0.3) is 0 Å². The number of carbonyl (C=O) groups is 1. The number of halogens is 1. The van der Waals surface area contributed by atoms with Crippen molar-refractivity contribution >= 4 is 18.6 Å². The quantitative estimate of drug-likeness (QED) is 0.582. The molecule has 0 spiro atoms. The van der Waals surface area contributed by atoms with Crippen molar-refractivity contribution in [3.05, 3.63) is 35.1 Å². The van der Waals surface area contributed by atoms with E-state index in [1.165, 1.54) is 12.1 Å². The van der Waals surface area contributed by atoms with Crippen LogP contribution < -0.4 is 5.32 Å². The van der Waals surface area contributed by atoms with Gasteiger partial charge in [-0.3, -0.25) is 10.2 Å². The van der Waals surface area contributed by atoms with Crippen LogP contribution in [0.5, 0.6) is 0 Å². The molecule has 1 heterocycles. The lowest BCUT2D eigenvalue weighted by Gasteiger charge is -2.33. The molecule has 0 bridgehead atoms. The minimum Gasteiger partial charge on any atom is -0.386 e. The van der Waals surface area contributed by atoms with Gasteiger partial charge in [0.2, 0.25) is 5.96 Å². The van der Waals surface area contributed by atoms with E-state index in [-0.39, 0.29) is 17.6 Å². The highest BCUT2D eigenvalue weighted by molar-refractivity contribution is 5.94. The zero-order valence-electron chi connectivity index (χ0n) is 14.0. The molecule has 7 heteroatoms. The number of hydrogen-bond donors (Lipinski definition) is 3. The summed E-state index contributed by atoms with van der Waals surface area (Å²) in [6, 6.07) is 3.93. The van der Waals surface area contributed by atoms with E-state index in [2.05, 4.69) is 17.0 Å². The van der Waals surface area contributed by atoms with Crippen molar-refractivity contribution in [1.82, 2.24) is 10.2 Å². The molecule has 1 saturated heterocycles. The predicted molar refractivity (Wildman–Crippen MR) is 91.0 cm³/mol. The van der Waals surface area contributed by atoms with E-state index in [4.69, 9.17) is 5.41 Å². The predicted octanol–water partition coefficient (Wildman–Crippen LogP) is 1.88. The van der Waals surface area contributed by atoms with Crippen LogP contribution in [0, 0.1) is 11.2 Å². The van der Waals surface area contributed by atoms with Gasteiger partial charge in [0.05, 0.1) is 11.2 Å². The first-order chi connectivity index (χ1) is 11.2. The van der Waals surface area contributed by atoms with Crippen molar-refractivity contribution in [2.24, 2.45) is 4.99 Å². The third-order valence-electron chi connectivity index (χ3n) is 4.13. The van der Waals surface area contributed by atoms with Gasteiger partial charge >= 0.3 is 0 Å². The highest BCUT2D eigenvalue weighted by atomic mass is 19.1. The number of nitrogens with zero attached hydrogens (tertiary/aromatic N) is 2. The van der Waals surface area contributed by atoms with Gasteiger partial charge in [0.1, 0.15) is 5.82 Å². The highest BCUT2D eigenvalue weighted by Crippen LogP contribution is 2.22. The number of piperidine rings is 1. The first kappa shape index (κ1) is 18.1. The molecule has 130 valence electrons. The number of aliphatic hydroxyl groups is 1. The summed E-state index contributed by atoms with van der Waals surface area (Å²) in [5.74, 6) is -1.09. The molecule has 0 aromatic heterocycles. The number of aliphatic imine (C=N–C) groups is 1. The molecule has 24 heavy (non-hydrogen) atoms. The average molecular weight is 334 g/mol. The van der Waals surface area contributed by atoms with Crippen molar-refractivity contribution in [3.8, 4) is 0 Å². The van der Waals surface area contributed by atoms with Crippen LogP contribution in [0.4, 0.5) is 4.39 Å². The zero-order valence-corrected chi connectivity index (χ0v) is 14.0. The summed E-state index contributed by atoms with van der Waals surface area (Å²) in [6.07, 6.45) is 1.57. The fourth-order valence-corrected chi connectivity index (χ4v) is 2.73. The van der Waals surface area contributed by atoms with E-state index in [0.717, 1.165) is 12.8 Å². The zero-order chi connectivity index (χ0) is 17.9. The molecular formula is C17H23FN4O2. The average Bonchev–Trinajstić information content (AvgIpc) is 2.53. The summed E-state index contributed by atoms with van der Waals surface area (Å²) in [4.78, 5) is 17.6. The van der Waals surface area contributed by atoms with Gasteiger partial charge in [-0.15, -0.1) is 0 Å². The number of guanidine groups is 1. The monoisotopic (exact) mass is 334 g/mol. The Kier molecular flexibility index (Phi) is 5.33. The summed E-state index contributed by atoms with van der Waals surface area (Å²) in [5.41, 5.74) is -0.819. The van der Waals surface area contributed by atoms with Gasteiger partial charge in [-0.2, -0.15) is 0 Å². The highest BCUT2D eigenvalue weighted by Gasteiger charge is 2.25. The SMILES string of the molecule is C=NC(=N)N1CCC[C@@H](NC(=O)c2ccc(C(C)(C)O)cc2F)C1. The molecule has 0 radical (unpaired) electrons. The molecule has 1 aromatic rings. The lowest BCUT2D eigenvalue weighted by molar-refractivity contribution is 0.0779. The molecule has 0 aliphatic carbocycles. The first-order valence-corrected chi connectivity index (χ1v) is 7.86. The molecule has 1 aromatic carbocycles. The van der Waals surface area contributed by atoms with Gasteiger partial charge in [-0.05, 0) is 51.1 Å². The van der Waals surface area contributed by atoms with Gasteiger partial charge in [0.25, 0.3) is 5.91 Å². The fraction of sp³-hybridized carbons (Fsp3) is 0.471. The van der Waals surface area contributed by atoms with Crippen LogP contribution in [-0.4, -0.2) is 47.7 Å². The van der Waals surface area contributed by atoms with Crippen LogP contribution in [0.1, 0.15) is 42.6 Å². The maximum atomic E-state index is 14.2. The molecule has 1 amide bonds. The van der Waals surface area contributed by atoms with Crippen molar-refractivity contribution in [3.63, 3.8) is 0 Å². The number of hydrogen-bond acceptors (Lipinski definition) is 3. The van der Waals surface area contributed by atoms with E-state index in [1.54, 1.807) is 24.8 Å². The lowest BCUT2D eigenvalue weighted by atomic mass is 9.96. The smallest absolute Gasteiger partial charge is 0.254 e. The van der Waals surface area contributed by atoms with Crippen molar-refractivity contribution < 1.29 is 14.3 Å². The normalized spacial score (nSPS) is 18.2. The third kappa shape index (κ3) is 4.17. The Morgan fingerprint density at radius 2 is 2.25 bits per heavy atom. The van der Waals surface area contributed by atoms with Crippen molar-refractivity contribution in [2.75, 3.05) is 13.1 Å². The van der Waals surface area contributed by atoms with Gasteiger partial charge < -0.3 is 15.3 Å². The van der Waals surface area contributed by atoms with Crippen LogP contribution >= 0.6 is 0 Å². The Bertz CT molecular complexity index is 654. The standard InChI is InChI=1S/C17H23FN4O2/c1-17(2,24)11-6-7-13(14(18)9-11)15(23)21-12-5-4-8-22(10-12)16(19)20-3/h6-7,9,12,19,24H,3-5,8,10H2,1-2H3,(H,21,23)/t12-/m1/s1. The van der Waals surface area contributed by atoms with E-state index < -0.39 is 17.3 Å². The molecule has 1 fully saturated rings. The number of rotatable bonds is 3. The second-order valence-corrected chi connectivity index (χ2v) is 6.49. The van der Waals surface area contributed by atoms with Gasteiger partial charge in [-0.1, -0.05) is 6.07 Å². The number of nitrogens with one attached hydrogen (secondary N) is 2. The third-order valence-corrected chi connectivity index (χ3v) is 4.13. The van der Waals surface area contributed by atoms with Crippen LogP contribution in [0.2, 0.25) is 0 Å². The maximum Gasteiger partial charge on any atom is 0.254 e. The maximum absolute atomic E-state index is 14.2. The summed E-state index contributed by atoms with van der Waals surface area (Å²) in [7, 11) is 0. The molecule has 3 N–H and O–H groups in total. The number of benzene rings is 1. The van der Waals surface area contributed by atoms with Crippen molar-refractivity contribution in [1.29, 1.82) is 5.41 Å². The fourth-order valence-electron chi connectivity index (χ4n) is 2.73. The second kappa shape index (κ2) is 7.09. The lowest BCUT2D eigenvalue weighted by Crippen LogP contribution is -2.49. The molecule has 2 rings (SSSR count). The number of likely N-dealkylation sites (tertiary alicyclic amines) is 1. The molecule has 1 aliphatic rings. The summed E-state index contributed by atoms with van der Waals surface area (Å²) in [6.45, 7) is 7.59. The first-order valence-electron chi connectivity index (χ1n) is 7.86. The van der Waals surface area contributed by atoms with Gasteiger partial charge in [0.15, 0.2) is 0 Å². The largest absolute Gasteiger partial charge is 0.386 e. The minimum absolute atomic E-state index is 0.0583. The number of amides is 1. The Labute approximate surface area is 140 Å². The molecular weight excluding hydrogens is 311 g/mol. The molecule has 0 unspecified atom stereocenters. The Hall–Kier alpha value is -2.28. The Balaban J connectivity index is 2.07. The molecule has 1 atom stereocenters. The van der Waals surface area contributed by atoms with Crippen molar-refractivity contribution in [2.45, 2.75) is 38.3 Å². The Morgan fingerprint density at radius 3 is 2.83 bits per heavy atom. The summed E-state index contributed by atoms with van der Waals surface area (Å²) < 4.78 is 14.2. The summed E-state index contributed by atoms with van der Waals surface area (Å²) >= 11 is 0. The van der Waals surface area contributed by atoms with E-state index in [0.29, 0.717) is 18.7 Å². The Morgan fingerprint density at radius 1 is 1.54 bits per heavy atom. The van der Waals surface area contributed by atoms with Crippen LogP contribution in [-0.2, 0) is 5.60 Å². The number of carbonyl (C=O) groups excluding carboxylic acids is 1. The van der Waals surface area contributed by atoms with Crippen LogP contribution in [0.3, 0.4) is 0 Å². The minimum atomic E-state index is -1.17. The van der Waals surface area contributed by atoms with Gasteiger partial charge in [0, 0.05) is 19.1 Å². The van der Waals surface area contributed by atoms with Gasteiger partial charge in [-0.25, -0.2) is 9.38 Å². The van der Waals surface area contributed by atoms with E-state index in [9.17, 15) is 14.3 Å². The molecule has 0 saturated carbocycles. The molecule has 6 nitrogen and oxygen atoms in total. The molecule has 1 aliphatic heterocycles.